The van der Waals surface area contributed by atoms with Crippen LogP contribution in [0.15, 0.2) is 37.1 Å². The molecule has 1 heterocycles. The molecule has 0 aromatic carbocycles. The number of carbonyl (C=O) groups excluding carboxylic acids is 1. The Balaban J connectivity index is 1.94. The van der Waals surface area contributed by atoms with Crippen LogP contribution in [0.4, 0.5) is 0 Å². The largest absolute Gasteiger partial charge is 0.350 e. The number of amides is 1. The van der Waals surface area contributed by atoms with Crippen LogP contribution in [0.25, 0.3) is 0 Å². The van der Waals surface area contributed by atoms with Crippen LogP contribution in [-0.2, 0) is 11.3 Å². The van der Waals surface area contributed by atoms with Crippen LogP contribution in [-0.4, -0.2) is 10.9 Å². The van der Waals surface area contributed by atoms with Crippen molar-refractivity contribution in [3.8, 4) is 0 Å². The number of hydrogen-bond acceptors (Lipinski definition) is 2. The average molecular weight is 274 g/mol. The van der Waals surface area contributed by atoms with Gasteiger partial charge >= 0.3 is 0 Å². The maximum Gasteiger partial charge on any atom is 0.220 e. The average Bonchev–Trinajstić information content (AvgIpc) is 2.49. The Morgan fingerprint density at radius 3 is 2.60 bits per heavy atom. The van der Waals surface area contributed by atoms with Gasteiger partial charge in [0.15, 0.2) is 0 Å². The fraction of sp³-hybridized carbons (Fsp3) is 0.529. The van der Waals surface area contributed by atoms with Gasteiger partial charge in [-0.25, -0.2) is 0 Å². The van der Waals surface area contributed by atoms with Crippen LogP contribution in [0.3, 0.4) is 0 Å². The second-order valence-corrected chi connectivity index (χ2v) is 5.05. The number of unbranched alkanes of at least 4 members (excludes halogenated alkanes) is 6. The zero-order valence-corrected chi connectivity index (χ0v) is 12.3. The fourth-order valence-electron chi connectivity index (χ4n) is 2.06. The van der Waals surface area contributed by atoms with E-state index in [9.17, 15) is 4.79 Å². The van der Waals surface area contributed by atoms with Crippen molar-refractivity contribution in [2.24, 2.45) is 0 Å². The molecule has 0 saturated carbocycles. The highest BCUT2D eigenvalue weighted by atomic mass is 16.1. The summed E-state index contributed by atoms with van der Waals surface area (Å²) in [5.74, 6) is 0.127. The van der Waals surface area contributed by atoms with Crippen molar-refractivity contribution in [3.63, 3.8) is 0 Å². The maximum absolute atomic E-state index is 11.6. The Hall–Kier alpha value is -1.64. The third kappa shape index (κ3) is 8.46. The highest BCUT2D eigenvalue weighted by molar-refractivity contribution is 5.75. The second-order valence-electron chi connectivity index (χ2n) is 5.05. The van der Waals surface area contributed by atoms with Crippen molar-refractivity contribution in [1.82, 2.24) is 10.3 Å². The van der Waals surface area contributed by atoms with Crippen LogP contribution < -0.4 is 5.32 Å². The third-order valence-electron chi connectivity index (χ3n) is 3.25. The lowest BCUT2D eigenvalue weighted by atomic mass is 10.1. The van der Waals surface area contributed by atoms with Crippen molar-refractivity contribution in [1.29, 1.82) is 0 Å². The zero-order chi connectivity index (χ0) is 14.5. The number of allylic oxidation sites excluding steroid dienone is 1. The van der Waals surface area contributed by atoms with Crippen LogP contribution in [0.5, 0.6) is 0 Å². The lowest BCUT2D eigenvalue weighted by Crippen LogP contribution is -2.22. The molecule has 0 aliphatic rings. The number of carbonyl (C=O) groups is 1. The van der Waals surface area contributed by atoms with E-state index in [-0.39, 0.29) is 5.91 Å². The minimum absolute atomic E-state index is 0.127. The predicted molar refractivity (Wildman–Crippen MR) is 83.2 cm³/mol. The Morgan fingerprint density at radius 2 is 1.90 bits per heavy atom. The Morgan fingerprint density at radius 1 is 1.15 bits per heavy atom. The molecule has 3 heteroatoms. The van der Waals surface area contributed by atoms with Gasteiger partial charge in [0, 0.05) is 12.6 Å². The maximum atomic E-state index is 11.6. The highest BCUT2D eigenvalue weighted by Gasteiger charge is 2.01. The van der Waals surface area contributed by atoms with Crippen LogP contribution >= 0.6 is 0 Å². The van der Waals surface area contributed by atoms with E-state index in [1.54, 1.807) is 6.20 Å². The van der Waals surface area contributed by atoms with Crippen LogP contribution in [0, 0.1) is 0 Å². The summed E-state index contributed by atoms with van der Waals surface area (Å²) in [4.78, 5) is 15.8. The first kappa shape index (κ1) is 16.4. The normalized spacial score (nSPS) is 10.2. The second kappa shape index (κ2) is 11.2. The molecule has 1 rings (SSSR count). The van der Waals surface area contributed by atoms with Crippen LogP contribution in [0.2, 0.25) is 0 Å². The van der Waals surface area contributed by atoms with E-state index in [1.807, 2.05) is 24.3 Å². The molecule has 0 aliphatic heterocycles. The van der Waals surface area contributed by atoms with Gasteiger partial charge in [-0.2, -0.15) is 0 Å². The number of aromatic nitrogens is 1. The SMILES string of the molecule is C=CCCCCCCCCC(=O)NCc1ccccn1. The smallest absolute Gasteiger partial charge is 0.220 e. The topological polar surface area (TPSA) is 42.0 Å². The van der Waals surface area contributed by atoms with Crippen LogP contribution in [0.1, 0.15) is 57.1 Å². The molecule has 0 fully saturated rings. The van der Waals surface area contributed by atoms with Crippen molar-refractivity contribution in [3.05, 3.63) is 42.7 Å². The lowest BCUT2D eigenvalue weighted by Gasteiger charge is -2.04. The van der Waals surface area contributed by atoms with Gasteiger partial charge in [-0.05, 0) is 31.4 Å². The van der Waals surface area contributed by atoms with E-state index in [0.717, 1.165) is 25.0 Å². The summed E-state index contributed by atoms with van der Waals surface area (Å²) in [7, 11) is 0. The standard InChI is InChI=1S/C17H26N2O/c1-2-3-4-5-6-7-8-9-13-17(20)19-15-16-12-10-11-14-18-16/h2,10-12,14H,1,3-9,13,15H2,(H,19,20). The fourth-order valence-corrected chi connectivity index (χ4v) is 2.06. The van der Waals surface area contributed by atoms with E-state index >= 15 is 0 Å². The van der Waals surface area contributed by atoms with Gasteiger partial charge in [-0.3, -0.25) is 9.78 Å². The molecular weight excluding hydrogens is 248 g/mol. The molecule has 1 N–H and O–H groups in total. The first-order chi connectivity index (χ1) is 9.83. The monoisotopic (exact) mass is 274 g/mol. The predicted octanol–water partition coefficient (Wildman–Crippen LogP) is 4.00. The number of nitrogens with zero attached hydrogens (tertiary/aromatic N) is 1. The van der Waals surface area contributed by atoms with Gasteiger partial charge in [0.1, 0.15) is 0 Å². The van der Waals surface area contributed by atoms with Gasteiger partial charge in [0.05, 0.1) is 12.2 Å². The lowest BCUT2D eigenvalue weighted by molar-refractivity contribution is -0.121. The summed E-state index contributed by atoms with van der Waals surface area (Å²) in [6.07, 6.45) is 12.6. The molecule has 3 nitrogen and oxygen atoms in total. The third-order valence-corrected chi connectivity index (χ3v) is 3.25. The molecular formula is C17H26N2O. The van der Waals surface area contributed by atoms with Gasteiger partial charge < -0.3 is 5.32 Å². The van der Waals surface area contributed by atoms with E-state index in [2.05, 4.69) is 16.9 Å². The first-order valence-corrected chi connectivity index (χ1v) is 7.60. The molecule has 110 valence electrons. The summed E-state index contributed by atoms with van der Waals surface area (Å²) < 4.78 is 0. The quantitative estimate of drug-likeness (QED) is 0.489. The number of hydrogen-bond donors (Lipinski definition) is 1. The van der Waals surface area contributed by atoms with Crippen molar-refractivity contribution >= 4 is 5.91 Å². The molecule has 20 heavy (non-hydrogen) atoms. The first-order valence-electron chi connectivity index (χ1n) is 7.60. The summed E-state index contributed by atoms with van der Waals surface area (Å²) in [5.41, 5.74) is 0.906. The van der Waals surface area contributed by atoms with Gasteiger partial charge in [0.25, 0.3) is 0 Å². The minimum atomic E-state index is 0.127. The zero-order valence-electron chi connectivity index (χ0n) is 12.3. The molecule has 0 unspecified atom stereocenters. The molecule has 1 aromatic rings. The summed E-state index contributed by atoms with van der Waals surface area (Å²) in [6, 6.07) is 5.73. The number of rotatable bonds is 11. The van der Waals surface area contributed by atoms with E-state index in [1.165, 1.54) is 25.7 Å². The number of nitrogens with one attached hydrogen (secondary N) is 1. The van der Waals surface area contributed by atoms with Crippen molar-refractivity contribution in [2.75, 3.05) is 0 Å². The van der Waals surface area contributed by atoms with E-state index < -0.39 is 0 Å². The molecule has 0 saturated heterocycles. The Kier molecular flexibility index (Phi) is 9.20. The summed E-state index contributed by atoms with van der Waals surface area (Å²) >= 11 is 0. The van der Waals surface area contributed by atoms with Gasteiger partial charge in [0.2, 0.25) is 5.91 Å². The Bertz CT molecular complexity index is 376. The highest BCUT2D eigenvalue weighted by Crippen LogP contribution is 2.08. The van der Waals surface area contributed by atoms with E-state index in [4.69, 9.17) is 0 Å². The van der Waals surface area contributed by atoms with E-state index in [0.29, 0.717) is 13.0 Å². The molecule has 0 atom stereocenters. The Labute approximate surface area is 122 Å². The molecule has 1 amide bonds. The number of pyridine rings is 1. The van der Waals surface area contributed by atoms with Crippen molar-refractivity contribution < 1.29 is 4.79 Å². The van der Waals surface area contributed by atoms with Crippen molar-refractivity contribution in [2.45, 2.75) is 57.9 Å². The molecule has 1 aromatic heterocycles. The van der Waals surface area contributed by atoms with Gasteiger partial charge in [-0.1, -0.05) is 37.8 Å². The molecule has 0 radical (unpaired) electrons. The summed E-state index contributed by atoms with van der Waals surface area (Å²) in [6.45, 7) is 4.25. The summed E-state index contributed by atoms with van der Waals surface area (Å²) in [5, 5.41) is 2.91. The molecule has 0 spiro atoms. The molecule has 0 bridgehead atoms. The minimum Gasteiger partial charge on any atom is -0.350 e. The molecule has 0 aliphatic carbocycles. The van der Waals surface area contributed by atoms with Gasteiger partial charge in [-0.15, -0.1) is 6.58 Å².